The van der Waals surface area contributed by atoms with Crippen molar-refractivity contribution in [1.82, 2.24) is 0 Å². The van der Waals surface area contributed by atoms with Crippen LogP contribution >= 0.6 is 11.6 Å². The van der Waals surface area contributed by atoms with E-state index >= 15 is 0 Å². The van der Waals surface area contributed by atoms with Gasteiger partial charge in [0.15, 0.2) is 0 Å². The highest BCUT2D eigenvalue weighted by Crippen LogP contribution is 2.26. The fourth-order valence-electron chi connectivity index (χ4n) is 1.07. The van der Waals surface area contributed by atoms with Gasteiger partial charge in [0.05, 0.1) is 12.1 Å². The quantitative estimate of drug-likeness (QED) is 0.771. The highest BCUT2D eigenvalue weighted by atomic mass is 35.5. The van der Waals surface area contributed by atoms with E-state index in [2.05, 4.69) is 0 Å². The molecule has 3 N–H and O–H groups in total. The zero-order valence-electron chi connectivity index (χ0n) is 7.17. The molecule has 2 nitrogen and oxygen atoms in total. The second kappa shape index (κ2) is 4.05. The van der Waals surface area contributed by atoms with E-state index in [-0.39, 0.29) is 10.6 Å². The third kappa shape index (κ3) is 2.18. The summed E-state index contributed by atoms with van der Waals surface area (Å²) in [7, 11) is 0. The summed E-state index contributed by atoms with van der Waals surface area (Å²) in [5.74, 6) is -0.485. The van der Waals surface area contributed by atoms with Crippen molar-refractivity contribution in [2.24, 2.45) is 5.73 Å². The molecule has 0 aromatic heterocycles. The van der Waals surface area contributed by atoms with Gasteiger partial charge in [-0.3, -0.25) is 0 Å². The van der Waals surface area contributed by atoms with Crippen molar-refractivity contribution in [3.8, 4) is 0 Å². The summed E-state index contributed by atoms with van der Waals surface area (Å²) >= 11 is 5.74. The second-order valence-corrected chi connectivity index (χ2v) is 3.31. The fraction of sp³-hybridized carbons (Fsp3) is 0.333. The first-order valence-electron chi connectivity index (χ1n) is 3.91. The molecular weight excluding hydrogens is 193 g/mol. The van der Waals surface area contributed by atoms with Crippen molar-refractivity contribution in [3.63, 3.8) is 0 Å². The molecule has 0 amide bonds. The monoisotopic (exact) mass is 203 g/mol. The van der Waals surface area contributed by atoms with E-state index in [0.29, 0.717) is 0 Å². The minimum atomic E-state index is -0.825. The first kappa shape index (κ1) is 10.4. The summed E-state index contributed by atoms with van der Waals surface area (Å²) in [5.41, 5.74) is 5.73. The van der Waals surface area contributed by atoms with Gasteiger partial charge in [-0.2, -0.15) is 0 Å². The second-order valence-electron chi connectivity index (χ2n) is 2.90. The summed E-state index contributed by atoms with van der Waals surface area (Å²) in [6, 6.07) is 3.52. The van der Waals surface area contributed by atoms with E-state index in [1.165, 1.54) is 19.1 Å². The van der Waals surface area contributed by atoms with Gasteiger partial charge in [-0.1, -0.05) is 17.7 Å². The predicted octanol–water partition coefficient (Wildman–Crippen LogP) is 1.86. The Labute approximate surface area is 81.1 Å². The van der Waals surface area contributed by atoms with Gasteiger partial charge in [-0.15, -0.1) is 0 Å². The molecule has 4 heteroatoms. The molecule has 0 saturated heterocycles. The van der Waals surface area contributed by atoms with Crippen LogP contribution in [0.4, 0.5) is 4.39 Å². The molecule has 1 aromatic carbocycles. The molecule has 0 radical (unpaired) electrons. The Morgan fingerprint density at radius 3 is 2.62 bits per heavy atom. The van der Waals surface area contributed by atoms with Crippen LogP contribution in [0.15, 0.2) is 18.2 Å². The Morgan fingerprint density at radius 1 is 1.54 bits per heavy atom. The largest absolute Gasteiger partial charge is 0.391 e. The van der Waals surface area contributed by atoms with Gasteiger partial charge >= 0.3 is 0 Å². The van der Waals surface area contributed by atoms with Gasteiger partial charge in [-0.05, 0) is 19.1 Å². The average molecular weight is 204 g/mol. The summed E-state index contributed by atoms with van der Waals surface area (Å²) in [6.07, 6.45) is -0.825. The molecule has 0 spiro atoms. The first-order valence-corrected chi connectivity index (χ1v) is 4.29. The van der Waals surface area contributed by atoms with Crippen LogP contribution in [0.25, 0.3) is 0 Å². The number of aliphatic hydroxyl groups excluding tert-OH is 1. The Hall–Kier alpha value is -0.640. The lowest BCUT2D eigenvalue weighted by atomic mass is 10.0. The molecule has 0 saturated carbocycles. The van der Waals surface area contributed by atoms with Crippen molar-refractivity contribution < 1.29 is 9.50 Å². The number of halogens is 2. The number of benzene rings is 1. The molecule has 0 heterocycles. The topological polar surface area (TPSA) is 46.2 Å². The SMILES string of the molecule is CC(O)C(N)c1c(F)cccc1Cl. The molecule has 2 unspecified atom stereocenters. The standard InChI is InChI=1S/C9H11ClFNO/c1-5(13)9(12)8-6(10)3-2-4-7(8)11/h2-5,9,13H,12H2,1H3. The van der Waals surface area contributed by atoms with E-state index < -0.39 is 18.0 Å². The van der Waals surface area contributed by atoms with E-state index in [1.54, 1.807) is 6.07 Å². The summed E-state index contributed by atoms with van der Waals surface area (Å²) in [5, 5.41) is 9.42. The third-order valence-electron chi connectivity index (χ3n) is 1.85. The maximum Gasteiger partial charge on any atom is 0.129 e. The number of hydrogen-bond acceptors (Lipinski definition) is 2. The molecule has 2 atom stereocenters. The first-order chi connectivity index (χ1) is 6.04. The molecule has 13 heavy (non-hydrogen) atoms. The minimum Gasteiger partial charge on any atom is -0.391 e. The lowest BCUT2D eigenvalue weighted by Gasteiger charge is -2.16. The Morgan fingerprint density at radius 2 is 2.15 bits per heavy atom. The molecule has 1 rings (SSSR count). The van der Waals surface area contributed by atoms with Gasteiger partial charge in [0.25, 0.3) is 0 Å². The van der Waals surface area contributed by atoms with Crippen molar-refractivity contribution in [2.75, 3.05) is 0 Å². The molecular formula is C9H11ClFNO. The van der Waals surface area contributed by atoms with Crippen LogP contribution in [0.2, 0.25) is 5.02 Å². The van der Waals surface area contributed by atoms with Gasteiger partial charge in [0, 0.05) is 10.6 Å². The molecule has 0 bridgehead atoms. The lowest BCUT2D eigenvalue weighted by Crippen LogP contribution is -2.24. The maximum atomic E-state index is 13.2. The average Bonchev–Trinajstić information content (AvgIpc) is 2.03. The fourth-order valence-corrected chi connectivity index (χ4v) is 1.36. The molecule has 0 aliphatic heterocycles. The van der Waals surface area contributed by atoms with Crippen LogP contribution in [0.1, 0.15) is 18.5 Å². The molecule has 0 fully saturated rings. The smallest absolute Gasteiger partial charge is 0.129 e. The number of rotatable bonds is 2. The molecule has 0 aliphatic carbocycles. The molecule has 1 aromatic rings. The van der Waals surface area contributed by atoms with E-state index in [1.807, 2.05) is 0 Å². The van der Waals surface area contributed by atoms with Gasteiger partial charge in [-0.25, -0.2) is 4.39 Å². The van der Waals surface area contributed by atoms with Crippen molar-refractivity contribution in [3.05, 3.63) is 34.6 Å². The van der Waals surface area contributed by atoms with Crippen LogP contribution in [-0.4, -0.2) is 11.2 Å². The summed E-state index contributed by atoms with van der Waals surface area (Å²) in [4.78, 5) is 0. The zero-order valence-corrected chi connectivity index (χ0v) is 7.92. The summed E-state index contributed by atoms with van der Waals surface area (Å²) in [6.45, 7) is 1.49. The zero-order chi connectivity index (χ0) is 10.0. The normalized spacial score (nSPS) is 15.5. The highest BCUT2D eigenvalue weighted by Gasteiger charge is 2.18. The van der Waals surface area contributed by atoms with Crippen molar-refractivity contribution >= 4 is 11.6 Å². The maximum absolute atomic E-state index is 13.2. The van der Waals surface area contributed by atoms with Crippen LogP contribution in [0.5, 0.6) is 0 Å². The number of hydrogen-bond donors (Lipinski definition) is 2. The van der Waals surface area contributed by atoms with Crippen molar-refractivity contribution in [1.29, 1.82) is 0 Å². The van der Waals surface area contributed by atoms with Crippen LogP contribution < -0.4 is 5.73 Å². The Balaban J connectivity index is 3.12. The number of aliphatic hydroxyl groups is 1. The van der Waals surface area contributed by atoms with Crippen LogP contribution in [0, 0.1) is 5.82 Å². The minimum absolute atomic E-state index is 0.166. The van der Waals surface area contributed by atoms with E-state index in [9.17, 15) is 9.50 Å². The van der Waals surface area contributed by atoms with Crippen LogP contribution in [0.3, 0.4) is 0 Å². The Bertz CT molecular complexity index is 283. The highest BCUT2D eigenvalue weighted by molar-refractivity contribution is 6.31. The van der Waals surface area contributed by atoms with Crippen molar-refractivity contribution in [2.45, 2.75) is 19.1 Å². The molecule has 0 aliphatic rings. The van der Waals surface area contributed by atoms with Gasteiger partial charge < -0.3 is 10.8 Å². The van der Waals surface area contributed by atoms with Crippen LogP contribution in [-0.2, 0) is 0 Å². The van der Waals surface area contributed by atoms with E-state index in [4.69, 9.17) is 17.3 Å². The predicted molar refractivity (Wildman–Crippen MR) is 50.0 cm³/mol. The van der Waals surface area contributed by atoms with Gasteiger partial charge in [0.1, 0.15) is 5.82 Å². The third-order valence-corrected chi connectivity index (χ3v) is 2.18. The number of nitrogens with two attached hydrogens (primary N) is 1. The van der Waals surface area contributed by atoms with Gasteiger partial charge in [0.2, 0.25) is 0 Å². The Kier molecular flexibility index (Phi) is 3.25. The lowest BCUT2D eigenvalue weighted by molar-refractivity contribution is 0.162. The summed E-state index contributed by atoms with van der Waals surface area (Å²) < 4.78 is 13.2. The van der Waals surface area contributed by atoms with E-state index in [0.717, 1.165) is 0 Å². The molecule has 72 valence electrons.